The minimum absolute atomic E-state index is 0.292. The maximum atomic E-state index is 13.1. The number of furan rings is 1. The van der Waals surface area contributed by atoms with Crippen LogP contribution in [0.15, 0.2) is 57.4 Å². The highest BCUT2D eigenvalue weighted by atomic mass is 79.9. The highest BCUT2D eigenvalue weighted by Gasteiger charge is 2.17. The minimum Gasteiger partial charge on any atom is -0.459 e. The Hall–Kier alpha value is -2.14. The van der Waals surface area contributed by atoms with Crippen molar-refractivity contribution < 1.29 is 13.6 Å². The van der Waals surface area contributed by atoms with Crippen molar-refractivity contribution in [3.63, 3.8) is 0 Å². The van der Waals surface area contributed by atoms with Gasteiger partial charge < -0.3 is 9.73 Å². The van der Waals surface area contributed by atoms with Gasteiger partial charge in [0.15, 0.2) is 0 Å². The van der Waals surface area contributed by atoms with Crippen LogP contribution in [0.1, 0.15) is 29.1 Å². The van der Waals surface area contributed by atoms with E-state index in [4.69, 9.17) is 4.42 Å². The molecule has 0 aliphatic rings. The van der Waals surface area contributed by atoms with Gasteiger partial charge in [0.05, 0.1) is 11.6 Å². The van der Waals surface area contributed by atoms with Crippen LogP contribution in [0.5, 0.6) is 0 Å². The van der Waals surface area contributed by atoms with E-state index in [1.165, 1.54) is 18.2 Å². The first-order valence-corrected chi connectivity index (χ1v) is 7.58. The summed E-state index contributed by atoms with van der Waals surface area (Å²) < 4.78 is 19.2. The first-order valence-electron chi connectivity index (χ1n) is 6.79. The van der Waals surface area contributed by atoms with E-state index < -0.39 is 5.82 Å². The first-order chi connectivity index (χ1) is 10.5. The van der Waals surface area contributed by atoms with Crippen molar-refractivity contribution in [3.8, 4) is 0 Å². The van der Waals surface area contributed by atoms with Crippen LogP contribution in [0.25, 0.3) is 11.0 Å². The summed E-state index contributed by atoms with van der Waals surface area (Å²) in [6.45, 7) is 1.84. The molecule has 3 aromatic rings. The van der Waals surface area contributed by atoms with Crippen LogP contribution >= 0.6 is 15.9 Å². The van der Waals surface area contributed by atoms with Crippen LogP contribution < -0.4 is 5.32 Å². The maximum absolute atomic E-state index is 13.1. The minimum atomic E-state index is -0.395. The number of para-hydroxylation sites is 1. The molecule has 0 spiro atoms. The summed E-state index contributed by atoms with van der Waals surface area (Å²) in [4.78, 5) is 12.3. The molecule has 0 aliphatic heterocycles. The number of nitrogens with one attached hydrogen (secondary N) is 1. The van der Waals surface area contributed by atoms with E-state index in [0.717, 1.165) is 11.0 Å². The molecular weight excluding hydrogens is 349 g/mol. The van der Waals surface area contributed by atoms with Crippen molar-refractivity contribution in [2.75, 3.05) is 0 Å². The zero-order chi connectivity index (χ0) is 15.7. The Bertz CT molecular complexity index is 811. The molecule has 112 valence electrons. The van der Waals surface area contributed by atoms with Gasteiger partial charge in [-0.15, -0.1) is 0 Å². The Labute approximate surface area is 135 Å². The summed E-state index contributed by atoms with van der Waals surface area (Å²) in [7, 11) is 0. The Morgan fingerprint density at radius 2 is 2.00 bits per heavy atom. The van der Waals surface area contributed by atoms with Crippen molar-refractivity contribution in [3.05, 3.63) is 70.1 Å². The predicted octanol–water partition coefficient (Wildman–Crippen LogP) is 4.83. The van der Waals surface area contributed by atoms with Crippen molar-refractivity contribution in [2.24, 2.45) is 0 Å². The number of hydrogen-bond donors (Lipinski definition) is 1. The summed E-state index contributed by atoms with van der Waals surface area (Å²) in [5, 5.41) is 3.84. The standard InChI is InChI=1S/C17H13BrFNO2/c1-10(16-8-11-4-2-3-5-15(11)22-16)20-17(21)13-7-6-12(19)9-14(13)18/h2-10H,1H3,(H,20,21)/t10-/m0/s1. The number of benzene rings is 2. The molecule has 22 heavy (non-hydrogen) atoms. The molecule has 1 heterocycles. The first kappa shape index (κ1) is 14.8. The molecule has 0 saturated carbocycles. The van der Waals surface area contributed by atoms with Crippen LogP contribution in [0.3, 0.4) is 0 Å². The number of fused-ring (bicyclic) bond motifs is 1. The third-order valence-electron chi connectivity index (χ3n) is 3.39. The quantitative estimate of drug-likeness (QED) is 0.726. The van der Waals surface area contributed by atoms with Gasteiger partial charge in [-0.3, -0.25) is 4.79 Å². The highest BCUT2D eigenvalue weighted by molar-refractivity contribution is 9.10. The molecule has 0 aliphatic carbocycles. The van der Waals surface area contributed by atoms with E-state index in [2.05, 4.69) is 21.2 Å². The van der Waals surface area contributed by atoms with E-state index in [-0.39, 0.29) is 11.9 Å². The van der Waals surface area contributed by atoms with Crippen molar-refractivity contribution >= 4 is 32.8 Å². The fourth-order valence-electron chi connectivity index (χ4n) is 2.23. The molecule has 1 aromatic heterocycles. The second kappa shape index (κ2) is 5.93. The molecule has 1 amide bonds. The lowest BCUT2D eigenvalue weighted by Gasteiger charge is -2.12. The van der Waals surface area contributed by atoms with Gasteiger partial charge in [0.25, 0.3) is 5.91 Å². The average molecular weight is 362 g/mol. The third-order valence-corrected chi connectivity index (χ3v) is 4.05. The molecule has 0 fully saturated rings. The van der Waals surface area contributed by atoms with Crippen LogP contribution in [-0.2, 0) is 0 Å². The van der Waals surface area contributed by atoms with E-state index in [1.807, 2.05) is 37.3 Å². The van der Waals surface area contributed by atoms with Gasteiger partial charge in [-0.25, -0.2) is 4.39 Å². The van der Waals surface area contributed by atoms with E-state index >= 15 is 0 Å². The van der Waals surface area contributed by atoms with Gasteiger partial charge in [0, 0.05) is 9.86 Å². The van der Waals surface area contributed by atoms with Crippen molar-refractivity contribution in [1.82, 2.24) is 5.32 Å². The molecule has 0 radical (unpaired) electrons. The zero-order valence-electron chi connectivity index (χ0n) is 11.8. The Balaban J connectivity index is 1.81. The SMILES string of the molecule is C[C@H](NC(=O)c1ccc(F)cc1Br)c1cc2ccccc2o1. The zero-order valence-corrected chi connectivity index (χ0v) is 13.4. The highest BCUT2D eigenvalue weighted by Crippen LogP contribution is 2.24. The molecule has 0 bridgehead atoms. The molecule has 3 rings (SSSR count). The van der Waals surface area contributed by atoms with E-state index in [0.29, 0.717) is 15.8 Å². The predicted molar refractivity (Wildman–Crippen MR) is 86.2 cm³/mol. The molecule has 0 unspecified atom stereocenters. The fraction of sp³-hybridized carbons (Fsp3) is 0.118. The number of amides is 1. The molecule has 0 saturated heterocycles. The van der Waals surface area contributed by atoms with Gasteiger partial charge in [-0.2, -0.15) is 0 Å². The second-order valence-electron chi connectivity index (χ2n) is 5.01. The normalized spacial score (nSPS) is 12.3. The largest absolute Gasteiger partial charge is 0.459 e. The number of halogens is 2. The lowest BCUT2D eigenvalue weighted by Crippen LogP contribution is -2.26. The van der Waals surface area contributed by atoms with Gasteiger partial charge in [-0.1, -0.05) is 18.2 Å². The second-order valence-corrected chi connectivity index (χ2v) is 5.86. The molecular formula is C17H13BrFNO2. The molecule has 5 heteroatoms. The molecule has 3 nitrogen and oxygen atoms in total. The van der Waals surface area contributed by atoms with Crippen molar-refractivity contribution in [1.29, 1.82) is 0 Å². The van der Waals surface area contributed by atoms with E-state index in [1.54, 1.807) is 0 Å². The smallest absolute Gasteiger partial charge is 0.253 e. The van der Waals surface area contributed by atoms with Gasteiger partial charge in [0.1, 0.15) is 17.2 Å². The topological polar surface area (TPSA) is 42.2 Å². The van der Waals surface area contributed by atoms with Crippen molar-refractivity contribution in [2.45, 2.75) is 13.0 Å². The maximum Gasteiger partial charge on any atom is 0.253 e. The lowest BCUT2D eigenvalue weighted by atomic mass is 10.1. The number of carbonyl (C=O) groups excluding carboxylic acids is 1. The van der Waals surface area contributed by atoms with Crippen LogP contribution in [-0.4, -0.2) is 5.91 Å². The summed E-state index contributed by atoms with van der Waals surface area (Å²) >= 11 is 3.20. The third kappa shape index (κ3) is 2.90. The number of rotatable bonds is 3. The van der Waals surface area contributed by atoms with Gasteiger partial charge in [-0.05, 0) is 53.2 Å². The lowest BCUT2D eigenvalue weighted by molar-refractivity contribution is 0.0935. The fourth-order valence-corrected chi connectivity index (χ4v) is 2.77. The van der Waals surface area contributed by atoms with Crippen LogP contribution in [0.2, 0.25) is 0 Å². The average Bonchev–Trinajstić information content (AvgIpc) is 2.91. The Morgan fingerprint density at radius 1 is 1.23 bits per heavy atom. The monoisotopic (exact) mass is 361 g/mol. The summed E-state index contributed by atoms with van der Waals surface area (Å²) in [5.74, 6) is -0.0126. The molecule has 1 N–H and O–H groups in total. The Kier molecular flexibility index (Phi) is 3.98. The molecule has 1 atom stereocenters. The van der Waals surface area contributed by atoms with Crippen LogP contribution in [0.4, 0.5) is 4.39 Å². The van der Waals surface area contributed by atoms with E-state index in [9.17, 15) is 9.18 Å². The summed E-state index contributed by atoms with van der Waals surface area (Å²) in [6, 6.07) is 13.2. The summed E-state index contributed by atoms with van der Waals surface area (Å²) in [5.41, 5.74) is 1.16. The Morgan fingerprint density at radius 3 is 2.73 bits per heavy atom. The van der Waals surface area contributed by atoms with Gasteiger partial charge in [0.2, 0.25) is 0 Å². The number of hydrogen-bond acceptors (Lipinski definition) is 2. The van der Waals surface area contributed by atoms with Crippen LogP contribution in [0, 0.1) is 5.82 Å². The molecule has 2 aromatic carbocycles. The number of carbonyl (C=O) groups is 1. The van der Waals surface area contributed by atoms with Gasteiger partial charge >= 0.3 is 0 Å². The summed E-state index contributed by atoms with van der Waals surface area (Å²) in [6.07, 6.45) is 0.